The molecule has 1 saturated heterocycles. The second-order valence-corrected chi connectivity index (χ2v) is 7.00. The highest BCUT2D eigenvalue weighted by atomic mass is 32.2. The van der Waals surface area contributed by atoms with Gasteiger partial charge in [0.2, 0.25) is 23.6 Å². The van der Waals surface area contributed by atoms with E-state index in [9.17, 15) is 19.2 Å². The van der Waals surface area contributed by atoms with Gasteiger partial charge in [0.1, 0.15) is 0 Å². The van der Waals surface area contributed by atoms with Gasteiger partial charge in [-0.3, -0.25) is 24.1 Å². The van der Waals surface area contributed by atoms with E-state index in [0.717, 1.165) is 16.7 Å². The molecule has 0 aliphatic carbocycles. The van der Waals surface area contributed by atoms with Gasteiger partial charge < -0.3 is 20.1 Å². The maximum atomic E-state index is 12.2. The lowest BCUT2D eigenvalue weighted by molar-refractivity contribution is -0.138. The average Bonchev–Trinajstić information content (AvgIpc) is 2.88. The third-order valence-electron chi connectivity index (χ3n) is 3.48. The molecular weight excluding hydrogens is 381 g/mol. The molecule has 2 N–H and O–H groups in total. The number of amides is 4. The van der Waals surface area contributed by atoms with Gasteiger partial charge in [-0.05, 0) is 0 Å². The minimum Gasteiger partial charge on any atom is -0.382 e. The van der Waals surface area contributed by atoms with Crippen LogP contribution in [0.1, 0.15) is 12.8 Å². The molecular formula is C15H26N3O6PS. The van der Waals surface area contributed by atoms with Crippen molar-refractivity contribution in [2.75, 3.05) is 52.1 Å². The van der Waals surface area contributed by atoms with Crippen LogP contribution in [0.15, 0.2) is 0 Å². The van der Waals surface area contributed by atoms with Crippen molar-refractivity contribution in [3.05, 3.63) is 0 Å². The Morgan fingerprint density at radius 3 is 2.69 bits per heavy atom. The molecule has 0 aromatic rings. The van der Waals surface area contributed by atoms with E-state index < -0.39 is 5.25 Å². The second kappa shape index (κ2) is 13.0. The van der Waals surface area contributed by atoms with Crippen LogP contribution in [0.5, 0.6) is 0 Å². The summed E-state index contributed by atoms with van der Waals surface area (Å²) >= 11 is 1.14. The van der Waals surface area contributed by atoms with Crippen LogP contribution in [-0.2, 0) is 28.7 Å². The van der Waals surface area contributed by atoms with Crippen molar-refractivity contribution in [2.24, 2.45) is 0 Å². The molecule has 0 radical (unpaired) electrons. The quantitative estimate of drug-likeness (QED) is 0.228. The number of hydrogen-bond acceptors (Lipinski definition) is 7. The molecule has 1 heterocycles. The van der Waals surface area contributed by atoms with E-state index in [4.69, 9.17) is 9.47 Å². The zero-order valence-electron chi connectivity index (χ0n) is 14.8. The standard InChI is InChI=1S/C15H26N3O6PS/c1-23-6-7-24-5-3-16-12(19)2-4-18-14(21)8-11(15(18)22)26-9-13(20)17-10-25/h11H,2-10,25H2,1H3,(H,16,19)(H,17,20). The van der Waals surface area contributed by atoms with E-state index >= 15 is 0 Å². The fraction of sp³-hybridized carbons (Fsp3) is 0.733. The maximum absolute atomic E-state index is 12.2. The number of nitrogens with zero attached hydrogens (tertiary/aromatic N) is 1. The zero-order chi connectivity index (χ0) is 19.4. The summed E-state index contributed by atoms with van der Waals surface area (Å²) in [7, 11) is 3.95. The van der Waals surface area contributed by atoms with Crippen LogP contribution in [0.25, 0.3) is 0 Å². The van der Waals surface area contributed by atoms with Crippen LogP contribution in [-0.4, -0.2) is 85.8 Å². The maximum Gasteiger partial charge on any atom is 0.242 e. The number of carbonyl (C=O) groups excluding carboxylic acids is 4. The predicted octanol–water partition coefficient (Wildman–Crippen LogP) is -1.03. The smallest absolute Gasteiger partial charge is 0.242 e. The summed E-state index contributed by atoms with van der Waals surface area (Å²) in [6.07, 6.45) is 0.544. The number of thioether (sulfide) groups is 1. The molecule has 0 saturated carbocycles. The SMILES string of the molecule is COCCOCCNC(=O)CCN1C(=O)CC(SCC(=O)NCP)C1=O. The first-order chi connectivity index (χ1) is 12.5. The number of rotatable bonds is 13. The Bertz CT molecular complexity index is 508. The van der Waals surface area contributed by atoms with Crippen molar-refractivity contribution in [1.82, 2.24) is 15.5 Å². The largest absolute Gasteiger partial charge is 0.382 e. The molecule has 0 bridgehead atoms. The van der Waals surface area contributed by atoms with Crippen molar-refractivity contribution in [3.8, 4) is 0 Å². The van der Waals surface area contributed by atoms with Gasteiger partial charge in [-0.1, -0.05) is 0 Å². The summed E-state index contributed by atoms with van der Waals surface area (Å²) in [6.45, 7) is 1.72. The van der Waals surface area contributed by atoms with E-state index in [1.165, 1.54) is 0 Å². The number of methoxy groups -OCH3 is 1. The lowest BCUT2D eigenvalue weighted by atomic mass is 10.3. The molecule has 148 valence electrons. The second-order valence-electron chi connectivity index (χ2n) is 5.40. The summed E-state index contributed by atoms with van der Waals surface area (Å²) in [5, 5.41) is 4.71. The van der Waals surface area contributed by atoms with E-state index in [2.05, 4.69) is 19.9 Å². The van der Waals surface area contributed by atoms with Gasteiger partial charge in [0.15, 0.2) is 0 Å². The van der Waals surface area contributed by atoms with Crippen LogP contribution in [0, 0.1) is 0 Å². The van der Waals surface area contributed by atoms with E-state index in [1.54, 1.807) is 7.11 Å². The Kier molecular flexibility index (Phi) is 11.4. The Labute approximate surface area is 159 Å². The number of nitrogens with one attached hydrogen (secondary N) is 2. The van der Waals surface area contributed by atoms with Crippen LogP contribution in [0.4, 0.5) is 0 Å². The first-order valence-electron chi connectivity index (χ1n) is 8.25. The van der Waals surface area contributed by atoms with Gasteiger partial charge in [0.05, 0.1) is 30.8 Å². The van der Waals surface area contributed by atoms with Gasteiger partial charge in [-0.15, -0.1) is 21.0 Å². The van der Waals surface area contributed by atoms with Crippen LogP contribution in [0.2, 0.25) is 0 Å². The van der Waals surface area contributed by atoms with Gasteiger partial charge in [0.25, 0.3) is 0 Å². The van der Waals surface area contributed by atoms with Crippen LogP contribution >= 0.6 is 21.0 Å². The van der Waals surface area contributed by atoms with Gasteiger partial charge in [-0.2, -0.15) is 0 Å². The fourth-order valence-electron chi connectivity index (χ4n) is 2.17. The summed E-state index contributed by atoms with van der Waals surface area (Å²) in [5.74, 6) is -0.966. The molecule has 1 aliphatic heterocycles. The number of carbonyl (C=O) groups is 4. The zero-order valence-corrected chi connectivity index (χ0v) is 16.8. The van der Waals surface area contributed by atoms with Gasteiger partial charge in [0, 0.05) is 39.3 Å². The Balaban J connectivity index is 2.25. The summed E-state index contributed by atoms with van der Waals surface area (Å²) in [5.41, 5.74) is 0. The van der Waals surface area contributed by atoms with Crippen LogP contribution in [0.3, 0.4) is 0 Å². The molecule has 1 fully saturated rings. The number of ether oxygens (including phenoxy) is 2. The molecule has 1 aliphatic rings. The lowest BCUT2D eigenvalue weighted by Gasteiger charge is -2.14. The molecule has 2 atom stereocenters. The van der Waals surface area contributed by atoms with Gasteiger partial charge in [-0.25, -0.2) is 0 Å². The minimum absolute atomic E-state index is 0.0421. The average molecular weight is 407 g/mol. The molecule has 0 spiro atoms. The Morgan fingerprint density at radius 1 is 1.23 bits per heavy atom. The van der Waals surface area contributed by atoms with Crippen LogP contribution < -0.4 is 10.6 Å². The molecule has 26 heavy (non-hydrogen) atoms. The van der Waals surface area contributed by atoms with Crippen molar-refractivity contribution in [3.63, 3.8) is 0 Å². The molecule has 9 nitrogen and oxygen atoms in total. The monoisotopic (exact) mass is 407 g/mol. The molecule has 4 amide bonds. The predicted molar refractivity (Wildman–Crippen MR) is 101 cm³/mol. The first-order valence-corrected chi connectivity index (χ1v) is 10.1. The fourth-order valence-corrected chi connectivity index (χ4v) is 3.38. The van der Waals surface area contributed by atoms with Gasteiger partial charge >= 0.3 is 0 Å². The topological polar surface area (TPSA) is 114 Å². The van der Waals surface area contributed by atoms with E-state index in [-0.39, 0.29) is 48.8 Å². The third-order valence-corrected chi connectivity index (χ3v) is 4.88. The highest BCUT2D eigenvalue weighted by molar-refractivity contribution is 8.01. The number of hydrogen-bond donors (Lipinski definition) is 2. The van der Waals surface area contributed by atoms with Crippen molar-refractivity contribution >= 4 is 44.6 Å². The summed E-state index contributed by atoms with van der Waals surface area (Å²) in [6, 6.07) is 0. The van der Waals surface area contributed by atoms with E-state index in [0.29, 0.717) is 32.7 Å². The van der Waals surface area contributed by atoms with Crippen molar-refractivity contribution in [1.29, 1.82) is 0 Å². The molecule has 0 aromatic carbocycles. The van der Waals surface area contributed by atoms with E-state index in [1.807, 2.05) is 0 Å². The molecule has 2 unspecified atom stereocenters. The normalized spacial score (nSPS) is 16.8. The molecule has 1 rings (SSSR count). The van der Waals surface area contributed by atoms with Crippen molar-refractivity contribution < 1.29 is 28.7 Å². The Morgan fingerprint density at radius 2 is 2.00 bits per heavy atom. The third kappa shape index (κ3) is 8.44. The summed E-state index contributed by atoms with van der Waals surface area (Å²) < 4.78 is 10.0. The summed E-state index contributed by atoms with van der Waals surface area (Å²) in [4.78, 5) is 48.5. The first kappa shape index (κ1) is 22.8. The highest BCUT2D eigenvalue weighted by Gasteiger charge is 2.38. The minimum atomic E-state index is -0.560. The lowest BCUT2D eigenvalue weighted by Crippen LogP contribution is -2.36. The Hall–Kier alpha value is -1.22. The molecule has 0 aromatic heterocycles. The number of imide groups is 1. The van der Waals surface area contributed by atoms with Crippen molar-refractivity contribution in [2.45, 2.75) is 18.1 Å². The molecule has 11 heteroatoms. The highest BCUT2D eigenvalue weighted by Crippen LogP contribution is 2.25. The number of likely N-dealkylation sites (tertiary alicyclic amines) is 1.